The number of anilines is 1. The normalized spacial score (nSPS) is 17.4. The van der Waals surface area contributed by atoms with Crippen molar-refractivity contribution in [2.24, 2.45) is 0 Å². The first-order valence-corrected chi connectivity index (χ1v) is 8.63. The van der Waals surface area contributed by atoms with E-state index in [-0.39, 0.29) is 30.3 Å². The van der Waals surface area contributed by atoms with E-state index in [1.165, 1.54) is 11.8 Å². The van der Waals surface area contributed by atoms with Crippen LogP contribution in [-0.4, -0.2) is 34.0 Å². The van der Waals surface area contributed by atoms with Crippen LogP contribution >= 0.6 is 23.4 Å². The Labute approximate surface area is 140 Å². The number of nitrogens with one attached hydrogen (secondary N) is 1. The predicted octanol–water partition coefficient (Wildman–Crippen LogP) is 3.79. The molecular weight excluding hydrogens is 320 g/mol. The Hall–Kier alpha value is -1.20. The first-order chi connectivity index (χ1) is 10.3. The van der Waals surface area contributed by atoms with E-state index < -0.39 is 5.25 Å². The smallest absolute Gasteiger partial charge is 0.238 e. The van der Waals surface area contributed by atoms with Gasteiger partial charge in [-0.25, -0.2) is 0 Å². The summed E-state index contributed by atoms with van der Waals surface area (Å²) in [5.41, 5.74) is 0.718. The third-order valence-corrected chi connectivity index (χ3v) is 5.03. The van der Waals surface area contributed by atoms with E-state index in [0.29, 0.717) is 5.02 Å². The van der Waals surface area contributed by atoms with E-state index in [2.05, 4.69) is 5.32 Å². The summed E-state index contributed by atoms with van der Waals surface area (Å²) in [7, 11) is 0. The molecule has 0 aliphatic carbocycles. The summed E-state index contributed by atoms with van der Waals surface area (Å²) in [5.74, 6) is -0.129. The molecule has 2 rings (SSSR count). The van der Waals surface area contributed by atoms with Crippen LogP contribution in [0, 0.1) is 0 Å². The van der Waals surface area contributed by atoms with Crippen molar-refractivity contribution in [3.8, 4) is 0 Å². The SMILES string of the molecule is CC(C)N(C(=O)CC1Sc2ccc(Cl)cc2NC1=O)C(C)C. The minimum Gasteiger partial charge on any atom is -0.338 e. The number of hydrogen-bond donors (Lipinski definition) is 1. The van der Waals surface area contributed by atoms with Crippen LogP contribution in [-0.2, 0) is 9.59 Å². The molecule has 120 valence electrons. The third kappa shape index (κ3) is 3.76. The van der Waals surface area contributed by atoms with E-state index in [1.807, 2.05) is 38.7 Å². The molecule has 1 aromatic carbocycles. The first kappa shape index (κ1) is 17.2. The quantitative estimate of drug-likeness (QED) is 0.907. The number of benzene rings is 1. The maximum atomic E-state index is 12.5. The molecule has 2 amide bonds. The molecule has 1 heterocycles. The van der Waals surface area contributed by atoms with Crippen molar-refractivity contribution in [2.75, 3.05) is 5.32 Å². The van der Waals surface area contributed by atoms with Crippen molar-refractivity contribution in [1.82, 2.24) is 4.90 Å². The van der Waals surface area contributed by atoms with Crippen molar-refractivity contribution in [1.29, 1.82) is 0 Å². The highest BCUT2D eigenvalue weighted by atomic mass is 35.5. The number of carbonyl (C=O) groups is 2. The second-order valence-corrected chi connectivity index (χ2v) is 7.61. The number of rotatable bonds is 4. The van der Waals surface area contributed by atoms with Gasteiger partial charge in [0.25, 0.3) is 0 Å². The molecule has 1 unspecified atom stereocenters. The Morgan fingerprint density at radius 2 is 1.95 bits per heavy atom. The Bertz CT molecular complexity index is 582. The predicted molar refractivity (Wildman–Crippen MR) is 91.5 cm³/mol. The first-order valence-electron chi connectivity index (χ1n) is 7.37. The minimum absolute atomic E-state index is 0.00932. The highest BCUT2D eigenvalue weighted by Gasteiger charge is 2.31. The Morgan fingerprint density at radius 1 is 1.32 bits per heavy atom. The summed E-state index contributed by atoms with van der Waals surface area (Å²) < 4.78 is 0. The summed E-state index contributed by atoms with van der Waals surface area (Å²) in [6.45, 7) is 7.96. The Kier molecular flexibility index (Phi) is 5.40. The lowest BCUT2D eigenvalue weighted by Gasteiger charge is -2.32. The zero-order valence-electron chi connectivity index (χ0n) is 13.2. The molecule has 1 aliphatic rings. The summed E-state index contributed by atoms with van der Waals surface area (Å²) >= 11 is 7.36. The van der Waals surface area contributed by atoms with Crippen LogP contribution in [0.1, 0.15) is 34.1 Å². The molecule has 0 spiro atoms. The fraction of sp³-hybridized carbons (Fsp3) is 0.500. The summed E-state index contributed by atoms with van der Waals surface area (Å²) in [6, 6.07) is 5.64. The van der Waals surface area contributed by atoms with Crippen LogP contribution in [0.25, 0.3) is 0 Å². The third-order valence-electron chi connectivity index (χ3n) is 3.52. The largest absolute Gasteiger partial charge is 0.338 e. The number of halogens is 1. The maximum absolute atomic E-state index is 12.5. The lowest BCUT2D eigenvalue weighted by atomic mass is 10.1. The van der Waals surface area contributed by atoms with Gasteiger partial charge in [0.1, 0.15) is 0 Å². The molecule has 0 saturated heterocycles. The molecule has 0 bridgehead atoms. The van der Waals surface area contributed by atoms with Gasteiger partial charge in [0.15, 0.2) is 0 Å². The summed E-state index contributed by atoms with van der Waals surface area (Å²) in [6.07, 6.45) is 0.203. The minimum atomic E-state index is -0.402. The van der Waals surface area contributed by atoms with Gasteiger partial charge in [-0.15, -0.1) is 11.8 Å². The zero-order valence-corrected chi connectivity index (χ0v) is 14.8. The summed E-state index contributed by atoms with van der Waals surface area (Å²) in [5, 5.41) is 3.02. The van der Waals surface area contributed by atoms with Gasteiger partial charge in [0.05, 0.1) is 10.9 Å². The summed E-state index contributed by atoms with van der Waals surface area (Å²) in [4.78, 5) is 27.5. The van der Waals surface area contributed by atoms with Gasteiger partial charge in [-0.05, 0) is 45.9 Å². The molecule has 6 heteroatoms. The monoisotopic (exact) mass is 340 g/mol. The molecule has 0 saturated carbocycles. The van der Waals surface area contributed by atoms with Gasteiger partial charge in [-0.1, -0.05) is 11.6 Å². The standard InChI is InChI=1S/C16H21ClN2O2S/c1-9(2)19(10(3)4)15(20)8-14-16(21)18-12-7-11(17)5-6-13(12)22-14/h5-7,9-10,14H,8H2,1-4H3,(H,18,21). The van der Waals surface area contributed by atoms with Crippen LogP contribution < -0.4 is 5.32 Å². The molecule has 4 nitrogen and oxygen atoms in total. The molecule has 1 aliphatic heterocycles. The van der Waals surface area contributed by atoms with Gasteiger partial charge in [-0.3, -0.25) is 9.59 Å². The number of fused-ring (bicyclic) bond motifs is 1. The van der Waals surface area contributed by atoms with Gasteiger partial charge in [-0.2, -0.15) is 0 Å². The number of nitrogens with zero attached hydrogens (tertiary/aromatic N) is 1. The lowest BCUT2D eigenvalue weighted by molar-refractivity contribution is -0.136. The van der Waals surface area contributed by atoms with Crippen molar-refractivity contribution in [3.05, 3.63) is 23.2 Å². The van der Waals surface area contributed by atoms with Crippen LogP contribution in [0.15, 0.2) is 23.1 Å². The highest BCUT2D eigenvalue weighted by Crippen LogP contribution is 2.38. The average molecular weight is 341 g/mol. The lowest BCUT2D eigenvalue weighted by Crippen LogP contribution is -2.44. The molecule has 1 N–H and O–H groups in total. The highest BCUT2D eigenvalue weighted by molar-refractivity contribution is 8.01. The van der Waals surface area contributed by atoms with E-state index >= 15 is 0 Å². The number of carbonyl (C=O) groups excluding carboxylic acids is 2. The maximum Gasteiger partial charge on any atom is 0.238 e. The van der Waals surface area contributed by atoms with Gasteiger partial charge in [0, 0.05) is 28.4 Å². The number of thioether (sulfide) groups is 1. The molecule has 0 fully saturated rings. The zero-order chi connectivity index (χ0) is 16.4. The molecular formula is C16H21ClN2O2S. The van der Waals surface area contributed by atoms with Crippen LogP contribution in [0.5, 0.6) is 0 Å². The van der Waals surface area contributed by atoms with Crippen molar-refractivity contribution in [2.45, 2.75) is 56.3 Å². The number of hydrogen-bond acceptors (Lipinski definition) is 3. The van der Waals surface area contributed by atoms with Gasteiger partial charge >= 0.3 is 0 Å². The topological polar surface area (TPSA) is 49.4 Å². The Balaban J connectivity index is 2.12. The molecule has 0 radical (unpaired) electrons. The fourth-order valence-corrected chi connectivity index (χ4v) is 3.95. The fourth-order valence-electron chi connectivity index (χ4n) is 2.69. The van der Waals surface area contributed by atoms with E-state index in [0.717, 1.165) is 10.6 Å². The number of amides is 2. The molecule has 1 aromatic rings. The average Bonchev–Trinajstić information content (AvgIpc) is 2.38. The van der Waals surface area contributed by atoms with Crippen LogP contribution in [0.2, 0.25) is 5.02 Å². The van der Waals surface area contributed by atoms with E-state index in [1.54, 1.807) is 12.1 Å². The van der Waals surface area contributed by atoms with Crippen molar-refractivity contribution in [3.63, 3.8) is 0 Å². The molecule has 1 atom stereocenters. The molecule has 22 heavy (non-hydrogen) atoms. The van der Waals surface area contributed by atoms with Crippen LogP contribution in [0.4, 0.5) is 5.69 Å². The van der Waals surface area contributed by atoms with Gasteiger partial charge < -0.3 is 10.2 Å². The van der Waals surface area contributed by atoms with Crippen LogP contribution in [0.3, 0.4) is 0 Å². The second kappa shape index (κ2) is 6.92. The van der Waals surface area contributed by atoms with Crippen molar-refractivity contribution >= 4 is 40.9 Å². The Morgan fingerprint density at radius 3 is 2.55 bits per heavy atom. The van der Waals surface area contributed by atoms with E-state index in [9.17, 15) is 9.59 Å². The van der Waals surface area contributed by atoms with Crippen molar-refractivity contribution < 1.29 is 9.59 Å². The second-order valence-electron chi connectivity index (χ2n) is 5.93. The molecule has 0 aromatic heterocycles. The van der Waals surface area contributed by atoms with E-state index in [4.69, 9.17) is 11.6 Å². The van der Waals surface area contributed by atoms with Gasteiger partial charge in [0.2, 0.25) is 11.8 Å².